The summed E-state index contributed by atoms with van der Waals surface area (Å²) >= 11 is 6.23. The Morgan fingerprint density at radius 1 is 0.769 bits per heavy atom. The van der Waals surface area contributed by atoms with Gasteiger partial charge >= 0.3 is 8.32 Å². The fourth-order valence-corrected chi connectivity index (χ4v) is 8.04. The molecule has 0 spiro atoms. The van der Waals surface area contributed by atoms with Crippen LogP contribution in [0.1, 0.15) is 26.3 Å². The molecule has 134 valence electrons. The molecule has 0 saturated carbocycles. The third kappa shape index (κ3) is 3.44. The minimum Gasteiger partial charge on any atom is -0.534 e. The fraction of sp³-hybridized carbons (Fsp3) is 0.217. The molecular weight excluding hydrogens is 356 g/mol. The molecule has 0 aliphatic carbocycles. The maximum Gasteiger partial charge on any atom is 0.319 e. The Hall–Kier alpha value is -2.03. The van der Waals surface area contributed by atoms with Gasteiger partial charge in [0.2, 0.25) is 0 Å². The van der Waals surface area contributed by atoms with Crippen LogP contribution >= 0.6 is 11.6 Å². The lowest BCUT2D eigenvalue weighted by Crippen LogP contribution is -2.68. The summed E-state index contributed by atoms with van der Waals surface area (Å²) in [7, 11) is -2.57. The fourth-order valence-electron chi connectivity index (χ4n) is 3.51. The van der Waals surface area contributed by atoms with Gasteiger partial charge in [0.05, 0.1) is 0 Å². The van der Waals surface area contributed by atoms with Gasteiger partial charge in [-0.05, 0) is 46.1 Å². The van der Waals surface area contributed by atoms with E-state index in [0.717, 1.165) is 16.3 Å². The van der Waals surface area contributed by atoms with E-state index in [4.69, 9.17) is 16.0 Å². The van der Waals surface area contributed by atoms with E-state index < -0.39 is 8.32 Å². The van der Waals surface area contributed by atoms with Crippen LogP contribution in [0.25, 0.3) is 0 Å². The predicted octanol–water partition coefficient (Wildman–Crippen LogP) is 5.59. The predicted molar refractivity (Wildman–Crippen MR) is 114 cm³/mol. The SMILES string of the molecule is Cc1cc(O[Si](c2ccccc2)(c2ccccc2)C(C)(C)C)ccc1Cl. The topological polar surface area (TPSA) is 9.23 Å². The zero-order valence-corrected chi connectivity index (χ0v) is 17.5. The van der Waals surface area contributed by atoms with E-state index in [2.05, 4.69) is 81.4 Å². The number of hydrogen-bond donors (Lipinski definition) is 0. The van der Waals surface area contributed by atoms with Gasteiger partial charge in [0.1, 0.15) is 5.75 Å². The van der Waals surface area contributed by atoms with Gasteiger partial charge in [-0.1, -0.05) is 93.0 Å². The lowest BCUT2D eigenvalue weighted by atomic mass is 10.2. The average Bonchev–Trinajstić information content (AvgIpc) is 2.63. The molecule has 0 fully saturated rings. The van der Waals surface area contributed by atoms with E-state index >= 15 is 0 Å². The standard InChI is InChI=1S/C23H25ClOSi/c1-18-17-19(15-16-22(18)24)25-26(23(2,3)4,20-11-7-5-8-12-20)21-13-9-6-10-14-21/h5-17H,1-4H3. The second kappa shape index (κ2) is 7.30. The Labute approximate surface area is 162 Å². The van der Waals surface area contributed by atoms with Crippen molar-refractivity contribution >= 4 is 30.3 Å². The second-order valence-electron chi connectivity index (χ2n) is 7.68. The summed E-state index contributed by atoms with van der Waals surface area (Å²) < 4.78 is 6.95. The van der Waals surface area contributed by atoms with E-state index in [9.17, 15) is 0 Å². The number of hydrogen-bond acceptors (Lipinski definition) is 1. The zero-order valence-electron chi connectivity index (χ0n) is 15.8. The minimum absolute atomic E-state index is 0.0523. The molecule has 0 bridgehead atoms. The summed E-state index contributed by atoms with van der Waals surface area (Å²) in [6.45, 7) is 8.85. The van der Waals surface area contributed by atoms with Crippen molar-refractivity contribution in [1.82, 2.24) is 0 Å². The molecule has 3 aromatic rings. The molecule has 0 radical (unpaired) electrons. The van der Waals surface area contributed by atoms with E-state index in [1.807, 2.05) is 25.1 Å². The van der Waals surface area contributed by atoms with E-state index in [0.29, 0.717) is 0 Å². The van der Waals surface area contributed by atoms with Crippen molar-refractivity contribution in [2.24, 2.45) is 0 Å². The highest BCUT2D eigenvalue weighted by Gasteiger charge is 2.52. The van der Waals surface area contributed by atoms with Gasteiger partial charge < -0.3 is 4.43 Å². The molecule has 1 nitrogen and oxygen atoms in total. The molecule has 3 rings (SSSR count). The van der Waals surface area contributed by atoms with E-state index in [-0.39, 0.29) is 5.04 Å². The second-order valence-corrected chi connectivity index (χ2v) is 12.3. The summed E-state index contributed by atoms with van der Waals surface area (Å²) in [5.41, 5.74) is 1.03. The highest BCUT2D eigenvalue weighted by atomic mass is 35.5. The van der Waals surface area contributed by atoms with Gasteiger partial charge in [0, 0.05) is 5.02 Å². The summed E-state index contributed by atoms with van der Waals surface area (Å²) in [5.74, 6) is 0.876. The van der Waals surface area contributed by atoms with Crippen molar-refractivity contribution in [1.29, 1.82) is 0 Å². The molecule has 0 unspecified atom stereocenters. The number of benzene rings is 3. The Bertz CT molecular complexity index is 830. The smallest absolute Gasteiger partial charge is 0.319 e. The van der Waals surface area contributed by atoms with Crippen LogP contribution < -0.4 is 14.8 Å². The van der Waals surface area contributed by atoms with Crippen LogP contribution in [0.4, 0.5) is 0 Å². The summed E-state index contributed by atoms with van der Waals surface area (Å²) in [4.78, 5) is 0. The maximum absolute atomic E-state index is 6.95. The monoisotopic (exact) mass is 380 g/mol. The molecule has 0 amide bonds. The van der Waals surface area contributed by atoms with Gasteiger partial charge in [-0.3, -0.25) is 0 Å². The quantitative estimate of drug-likeness (QED) is 0.536. The molecule has 0 saturated heterocycles. The number of rotatable bonds is 4. The Morgan fingerprint density at radius 2 is 1.27 bits per heavy atom. The van der Waals surface area contributed by atoms with Gasteiger partial charge in [-0.2, -0.15) is 0 Å². The van der Waals surface area contributed by atoms with Gasteiger partial charge in [-0.15, -0.1) is 0 Å². The molecule has 0 aliphatic heterocycles. The summed E-state index contributed by atoms with van der Waals surface area (Å²) in [6, 6.07) is 27.3. The molecule has 0 N–H and O–H groups in total. The minimum atomic E-state index is -2.57. The first-order valence-electron chi connectivity index (χ1n) is 8.91. The largest absolute Gasteiger partial charge is 0.534 e. The van der Waals surface area contributed by atoms with Crippen LogP contribution in [0.5, 0.6) is 5.75 Å². The lowest BCUT2D eigenvalue weighted by Gasteiger charge is -2.43. The first-order valence-corrected chi connectivity index (χ1v) is 11.2. The van der Waals surface area contributed by atoms with Crippen molar-refractivity contribution < 1.29 is 4.43 Å². The van der Waals surface area contributed by atoms with Crippen molar-refractivity contribution in [2.75, 3.05) is 0 Å². The van der Waals surface area contributed by atoms with Crippen LogP contribution in [0.2, 0.25) is 10.1 Å². The molecule has 0 atom stereocenters. The Morgan fingerprint density at radius 3 is 1.69 bits per heavy atom. The van der Waals surface area contributed by atoms with Gasteiger partial charge in [0.15, 0.2) is 0 Å². The third-order valence-electron chi connectivity index (χ3n) is 4.82. The molecule has 26 heavy (non-hydrogen) atoms. The van der Waals surface area contributed by atoms with Crippen LogP contribution in [0.15, 0.2) is 78.9 Å². The molecule has 3 heteroatoms. The first-order chi connectivity index (χ1) is 12.3. The van der Waals surface area contributed by atoms with E-state index in [1.165, 1.54) is 10.4 Å². The first kappa shape index (κ1) is 18.7. The van der Waals surface area contributed by atoms with Gasteiger partial charge in [-0.25, -0.2) is 0 Å². The average molecular weight is 381 g/mol. The number of halogens is 1. The van der Waals surface area contributed by atoms with Gasteiger partial charge in [0.25, 0.3) is 0 Å². The van der Waals surface area contributed by atoms with Crippen LogP contribution in [0.3, 0.4) is 0 Å². The Balaban J connectivity index is 2.25. The molecular formula is C23H25ClOSi. The summed E-state index contributed by atoms with van der Waals surface area (Å²) in [5, 5.41) is 3.25. The maximum atomic E-state index is 6.95. The molecule has 3 aromatic carbocycles. The lowest BCUT2D eigenvalue weighted by molar-refractivity contribution is 0.508. The van der Waals surface area contributed by atoms with Crippen molar-refractivity contribution in [2.45, 2.75) is 32.7 Å². The van der Waals surface area contributed by atoms with Crippen LogP contribution in [0, 0.1) is 6.92 Å². The van der Waals surface area contributed by atoms with Crippen molar-refractivity contribution in [3.05, 3.63) is 89.4 Å². The van der Waals surface area contributed by atoms with Crippen LogP contribution in [-0.2, 0) is 0 Å². The molecule has 0 aliphatic rings. The number of aryl methyl sites for hydroxylation is 1. The van der Waals surface area contributed by atoms with Crippen molar-refractivity contribution in [3.8, 4) is 5.75 Å². The highest BCUT2D eigenvalue weighted by Crippen LogP contribution is 2.38. The van der Waals surface area contributed by atoms with Crippen molar-refractivity contribution in [3.63, 3.8) is 0 Å². The molecule has 0 aromatic heterocycles. The van der Waals surface area contributed by atoms with Crippen LogP contribution in [-0.4, -0.2) is 8.32 Å². The summed E-state index contributed by atoms with van der Waals surface area (Å²) in [6.07, 6.45) is 0. The third-order valence-corrected chi connectivity index (χ3v) is 10.2. The zero-order chi connectivity index (χ0) is 18.8. The van der Waals surface area contributed by atoms with E-state index in [1.54, 1.807) is 0 Å². The Kier molecular flexibility index (Phi) is 5.26. The normalized spacial score (nSPS) is 12.0. The molecule has 0 heterocycles. The highest BCUT2D eigenvalue weighted by molar-refractivity contribution is 7.00.